The lowest BCUT2D eigenvalue weighted by Gasteiger charge is -2.32. The van der Waals surface area contributed by atoms with Crippen LogP contribution < -0.4 is 0 Å². The average molecular weight is 341 g/mol. The van der Waals surface area contributed by atoms with E-state index in [0.29, 0.717) is 12.1 Å². The highest BCUT2D eigenvalue weighted by Crippen LogP contribution is 2.25. The van der Waals surface area contributed by atoms with Crippen LogP contribution in [-0.4, -0.2) is 43.0 Å². The highest BCUT2D eigenvalue weighted by atomic mass is 32.1. The number of amides is 1. The van der Waals surface area contributed by atoms with Crippen molar-refractivity contribution in [1.29, 1.82) is 0 Å². The van der Waals surface area contributed by atoms with Gasteiger partial charge in [0, 0.05) is 30.9 Å². The number of nitrogens with zero attached hydrogens (tertiary/aromatic N) is 5. The number of aryl methyl sites for hydroxylation is 2. The van der Waals surface area contributed by atoms with Gasteiger partial charge in [-0.25, -0.2) is 4.98 Å². The molecule has 24 heavy (non-hydrogen) atoms. The number of carbonyl (C=O) groups excluding carboxylic acids is 1. The summed E-state index contributed by atoms with van der Waals surface area (Å²) in [5.41, 5.74) is 2.72. The second-order valence-corrected chi connectivity index (χ2v) is 7.14. The predicted molar refractivity (Wildman–Crippen MR) is 93.3 cm³/mol. The highest BCUT2D eigenvalue weighted by molar-refractivity contribution is 7.12. The van der Waals surface area contributed by atoms with Crippen molar-refractivity contribution in [2.24, 2.45) is 0 Å². The molecule has 1 saturated heterocycles. The smallest absolute Gasteiger partial charge is 0.255 e. The second-order valence-electron chi connectivity index (χ2n) is 6.39. The minimum atomic E-state index is 0.0450. The van der Waals surface area contributed by atoms with Crippen LogP contribution in [0.1, 0.15) is 40.5 Å². The van der Waals surface area contributed by atoms with Gasteiger partial charge in [0.1, 0.15) is 4.83 Å². The number of piperidine rings is 1. The second kappa shape index (κ2) is 5.98. The van der Waals surface area contributed by atoms with Crippen molar-refractivity contribution >= 4 is 27.7 Å². The summed E-state index contributed by atoms with van der Waals surface area (Å²) >= 11 is 1.37. The Morgan fingerprint density at radius 1 is 1.33 bits per heavy atom. The van der Waals surface area contributed by atoms with Gasteiger partial charge in [0.15, 0.2) is 0 Å². The SMILES string of the molecule is Cc1cnn(C2CCCN(C(=O)c3cnc4snc(C)c4c3)C2)c1. The van der Waals surface area contributed by atoms with E-state index in [4.69, 9.17) is 0 Å². The number of likely N-dealkylation sites (tertiary alicyclic amines) is 1. The van der Waals surface area contributed by atoms with Crippen LogP contribution in [0, 0.1) is 13.8 Å². The third-order valence-electron chi connectivity index (χ3n) is 4.55. The number of fused-ring (bicyclic) bond motifs is 1. The number of aromatic nitrogens is 4. The van der Waals surface area contributed by atoms with Gasteiger partial charge in [-0.2, -0.15) is 9.47 Å². The summed E-state index contributed by atoms with van der Waals surface area (Å²) in [5.74, 6) is 0.0450. The molecule has 1 aliphatic rings. The van der Waals surface area contributed by atoms with E-state index in [-0.39, 0.29) is 11.9 Å². The molecule has 0 bridgehead atoms. The molecule has 6 nitrogen and oxygen atoms in total. The molecule has 0 aromatic carbocycles. The molecule has 0 aliphatic carbocycles. The van der Waals surface area contributed by atoms with Crippen LogP contribution in [0.5, 0.6) is 0 Å². The van der Waals surface area contributed by atoms with Crippen molar-refractivity contribution in [2.75, 3.05) is 13.1 Å². The third-order valence-corrected chi connectivity index (χ3v) is 5.41. The standard InChI is InChI=1S/C17H19N5OS/c1-11-7-19-22(9-11)14-4-3-5-21(10-14)17(23)13-6-15-12(2)20-24-16(15)18-8-13/h6-9,14H,3-5,10H2,1-2H3. The van der Waals surface area contributed by atoms with E-state index in [2.05, 4.69) is 14.5 Å². The molecule has 4 rings (SSSR count). The van der Waals surface area contributed by atoms with Crippen LogP contribution in [0.3, 0.4) is 0 Å². The first kappa shape index (κ1) is 15.3. The van der Waals surface area contributed by atoms with E-state index in [9.17, 15) is 4.79 Å². The quantitative estimate of drug-likeness (QED) is 0.719. The molecular weight excluding hydrogens is 322 g/mol. The minimum Gasteiger partial charge on any atom is -0.336 e. The van der Waals surface area contributed by atoms with Crippen LogP contribution in [-0.2, 0) is 0 Å². The maximum Gasteiger partial charge on any atom is 0.255 e. The van der Waals surface area contributed by atoms with E-state index >= 15 is 0 Å². The van der Waals surface area contributed by atoms with Gasteiger partial charge in [0.05, 0.1) is 23.5 Å². The summed E-state index contributed by atoms with van der Waals surface area (Å²) in [5, 5.41) is 5.39. The van der Waals surface area contributed by atoms with Gasteiger partial charge >= 0.3 is 0 Å². The summed E-state index contributed by atoms with van der Waals surface area (Å²) < 4.78 is 6.29. The maximum absolute atomic E-state index is 12.9. The Morgan fingerprint density at radius 3 is 3.00 bits per heavy atom. The highest BCUT2D eigenvalue weighted by Gasteiger charge is 2.26. The number of pyridine rings is 1. The first-order chi connectivity index (χ1) is 11.6. The summed E-state index contributed by atoms with van der Waals surface area (Å²) in [4.78, 5) is 20.1. The summed E-state index contributed by atoms with van der Waals surface area (Å²) in [6.07, 6.45) is 7.63. The summed E-state index contributed by atoms with van der Waals surface area (Å²) in [6.45, 7) is 5.46. The van der Waals surface area contributed by atoms with E-state index in [1.165, 1.54) is 11.5 Å². The molecule has 3 aromatic heterocycles. The van der Waals surface area contributed by atoms with E-state index in [1.807, 2.05) is 41.9 Å². The van der Waals surface area contributed by atoms with Crippen molar-refractivity contribution in [3.05, 3.63) is 41.5 Å². The van der Waals surface area contributed by atoms with Gasteiger partial charge < -0.3 is 4.90 Å². The lowest BCUT2D eigenvalue weighted by atomic mass is 10.0. The fourth-order valence-corrected chi connectivity index (χ4v) is 3.96. The van der Waals surface area contributed by atoms with Crippen LogP contribution in [0.4, 0.5) is 0 Å². The average Bonchev–Trinajstić information content (AvgIpc) is 3.20. The van der Waals surface area contributed by atoms with Gasteiger partial charge in [0.2, 0.25) is 0 Å². The Bertz CT molecular complexity index is 899. The van der Waals surface area contributed by atoms with E-state index in [1.54, 1.807) is 6.20 Å². The molecule has 0 N–H and O–H groups in total. The van der Waals surface area contributed by atoms with Gasteiger partial charge in [-0.05, 0) is 49.9 Å². The van der Waals surface area contributed by atoms with Crippen molar-refractivity contribution in [1.82, 2.24) is 24.0 Å². The lowest BCUT2D eigenvalue weighted by molar-refractivity contribution is 0.0672. The monoisotopic (exact) mass is 341 g/mol. The van der Waals surface area contributed by atoms with E-state index < -0.39 is 0 Å². The maximum atomic E-state index is 12.9. The fourth-order valence-electron chi connectivity index (χ4n) is 3.23. The van der Waals surface area contributed by atoms with Gasteiger partial charge in [-0.1, -0.05) is 0 Å². The zero-order chi connectivity index (χ0) is 16.7. The predicted octanol–water partition coefficient (Wildman–Crippen LogP) is 2.98. The lowest BCUT2D eigenvalue weighted by Crippen LogP contribution is -2.40. The minimum absolute atomic E-state index is 0.0450. The topological polar surface area (TPSA) is 63.9 Å². The van der Waals surface area contributed by atoms with Crippen LogP contribution in [0.25, 0.3) is 10.2 Å². The number of rotatable bonds is 2. The van der Waals surface area contributed by atoms with Crippen molar-refractivity contribution in [3.8, 4) is 0 Å². The molecule has 4 heterocycles. The molecular formula is C17H19N5OS. The van der Waals surface area contributed by atoms with Crippen molar-refractivity contribution in [2.45, 2.75) is 32.7 Å². The molecule has 1 aliphatic heterocycles. The van der Waals surface area contributed by atoms with Crippen molar-refractivity contribution in [3.63, 3.8) is 0 Å². The number of hydrogen-bond acceptors (Lipinski definition) is 5. The molecule has 3 aromatic rings. The molecule has 124 valence electrons. The molecule has 1 fully saturated rings. The Kier molecular flexibility index (Phi) is 3.80. The van der Waals surface area contributed by atoms with Crippen LogP contribution in [0.15, 0.2) is 24.7 Å². The molecule has 0 saturated carbocycles. The van der Waals surface area contributed by atoms with Crippen LogP contribution in [0.2, 0.25) is 0 Å². The fraction of sp³-hybridized carbons (Fsp3) is 0.412. The molecule has 7 heteroatoms. The first-order valence-corrected chi connectivity index (χ1v) is 8.91. The number of hydrogen-bond donors (Lipinski definition) is 0. The molecule has 1 unspecified atom stereocenters. The van der Waals surface area contributed by atoms with Gasteiger partial charge in [-0.3, -0.25) is 9.48 Å². The largest absolute Gasteiger partial charge is 0.336 e. The third kappa shape index (κ3) is 2.69. The Hall–Kier alpha value is -2.28. The van der Waals surface area contributed by atoms with E-state index in [0.717, 1.165) is 40.9 Å². The van der Waals surface area contributed by atoms with Gasteiger partial charge in [0.25, 0.3) is 5.91 Å². The Balaban J connectivity index is 1.57. The Morgan fingerprint density at radius 2 is 2.21 bits per heavy atom. The normalized spacial score (nSPS) is 18.2. The number of carbonyl (C=O) groups is 1. The molecule has 1 atom stereocenters. The zero-order valence-corrected chi connectivity index (χ0v) is 14.6. The first-order valence-electron chi connectivity index (χ1n) is 8.14. The summed E-state index contributed by atoms with van der Waals surface area (Å²) in [6, 6.07) is 2.17. The molecule has 1 amide bonds. The Labute approximate surface area is 144 Å². The zero-order valence-electron chi connectivity index (χ0n) is 13.8. The molecule has 0 radical (unpaired) electrons. The molecule has 0 spiro atoms. The van der Waals surface area contributed by atoms with Crippen LogP contribution >= 0.6 is 11.5 Å². The van der Waals surface area contributed by atoms with Crippen molar-refractivity contribution < 1.29 is 4.79 Å². The summed E-state index contributed by atoms with van der Waals surface area (Å²) in [7, 11) is 0. The van der Waals surface area contributed by atoms with Gasteiger partial charge in [-0.15, -0.1) is 0 Å².